The second-order valence-electron chi connectivity index (χ2n) is 11.0. The third-order valence-corrected chi connectivity index (χ3v) is 9.21. The molecule has 3 aromatic rings. The summed E-state index contributed by atoms with van der Waals surface area (Å²) in [6.07, 6.45) is 5.55. The van der Waals surface area contributed by atoms with E-state index < -0.39 is 30.7 Å². The first kappa shape index (κ1) is 34.4. The zero-order valence-corrected chi connectivity index (χ0v) is 28.1. The summed E-state index contributed by atoms with van der Waals surface area (Å²) in [5.74, 6) is -0.826. The van der Waals surface area contributed by atoms with Crippen molar-refractivity contribution >= 4 is 58.9 Å². The molecule has 0 aliphatic heterocycles. The zero-order chi connectivity index (χ0) is 32.8. The summed E-state index contributed by atoms with van der Waals surface area (Å²) in [6.45, 7) is 6.88. The summed E-state index contributed by atoms with van der Waals surface area (Å²) >= 11 is 3.36. The molecular formula is C29H38BrN6O8P. The highest BCUT2D eigenvalue weighted by Crippen LogP contribution is 2.56. The number of carbonyl (C=O) groups is 2. The summed E-state index contributed by atoms with van der Waals surface area (Å²) in [7, 11) is -4.22. The third kappa shape index (κ3) is 9.03. The molecule has 1 aliphatic carbocycles. The van der Waals surface area contributed by atoms with Crippen LogP contribution in [0.15, 0.2) is 45.4 Å². The molecule has 1 fully saturated rings. The lowest BCUT2D eigenvalue weighted by molar-refractivity contribution is -0.150. The number of ether oxygens (including phenoxy) is 2. The predicted molar refractivity (Wildman–Crippen MR) is 171 cm³/mol. The molecule has 0 radical (unpaired) electrons. The normalized spacial score (nSPS) is 19.5. The number of rotatable bonds is 16. The number of hydrogen-bond acceptors (Lipinski definition) is 11. The van der Waals surface area contributed by atoms with Gasteiger partial charge in [-0.15, -0.1) is 0 Å². The van der Waals surface area contributed by atoms with Crippen molar-refractivity contribution in [3.05, 3.63) is 51.0 Å². The van der Waals surface area contributed by atoms with Gasteiger partial charge in [0.05, 0.1) is 18.1 Å². The first-order valence-corrected chi connectivity index (χ1v) is 17.0. The van der Waals surface area contributed by atoms with Gasteiger partial charge < -0.3 is 19.7 Å². The maximum Gasteiger partial charge on any atom is 0.459 e. The van der Waals surface area contributed by atoms with Crippen LogP contribution in [0.3, 0.4) is 0 Å². The average molecular weight is 710 g/mol. The monoisotopic (exact) mass is 708 g/mol. The van der Waals surface area contributed by atoms with Crippen LogP contribution in [-0.2, 0) is 28.2 Å². The van der Waals surface area contributed by atoms with Crippen molar-refractivity contribution in [1.82, 2.24) is 24.6 Å². The molecule has 1 aliphatic rings. The minimum Gasteiger partial charge on any atom is -0.465 e. The SMILES string of the molecule is CCCC(=O)OC[C@]1(CO[P@@](=O)(N[C@@H](C)C(=O)O[C@@H](C)CCC)Oc2ccc(Br)cc2)C/C1=C/n1cnc2c(=O)[nH]c(N)nc21. The van der Waals surface area contributed by atoms with Crippen molar-refractivity contribution in [1.29, 1.82) is 0 Å². The van der Waals surface area contributed by atoms with Gasteiger partial charge >= 0.3 is 19.7 Å². The summed E-state index contributed by atoms with van der Waals surface area (Å²) < 4.78 is 39.4. The number of fused-ring (bicyclic) bond motifs is 1. The van der Waals surface area contributed by atoms with E-state index in [0.717, 1.165) is 16.5 Å². The number of H-pyrrole nitrogens is 1. The molecular weight excluding hydrogens is 671 g/mol. The van der Waals surface area contributed by atoms with Crippen LogP contribution >= 0.6 is 23.7 Å². The molecule has 0 saturated heterocycles. The maximum absolute atomic E-state index is 14.2. The molecule has 1 saturated carbocycles. The number of imidazole rings is 1. The Balaban J connectivity index is 1.60. The maximum atomic E-state index is 14.2. The van der Waals surface area contributed by atoms with Crippen LogP contribution in [0, 0.1) is 5.41 Å². The number of anilines is 1. The van der Waals surface area contributed by atoms with E-state index in [1.54, 1.807) is 37.4 Å². The quantitative estimate of drug-likeness (QED) is 0.134. The van der Waals surface area contributed by atoms with Crippen LogP contribution in [0.2, 0.25) is 0 Å². The molecule has 4 N–H and O–H groups in total. The van der Waals surface area contributed by atoms with E-state index in [4.69, 9.17) is 24.3 Å². The lowest BCUT2D eigenvalue weighted by Crippen LogP contribution is -2.37. The second kappa shape index (κ2) is 14.7. The fraction of sp³-hybridized carbons (Fsp3) is 0.483. The van der Waals surface area contributed by atoms with Gasteiger partial charge in [0, 0.05) is 17.1 Å². The predicted octanol–water partition coefficient (Wildman–Crippen LogP) is 4.95. The molecule has 0 amide bonds. The minimum absolute atomic E-state index is 0.0646. The van der Waals surface area contributed by atoms with Gasteiger partial charge in [0.25, 0.3) is 5.56 Å². The van der Waals surface area contributed by atoms with E-state index in [-0.39, 0.29) is 54.6 Å². The van der Waals surface area contributed by atoms with Crippen molar-refractivity contribution in [2.45, 2.75) is 71.9 Å². The Kier molecular flexibility index (Phi) is 11.2. The first-order chi connectivity index (χ1) is 21.4. The number of nitrogens with one attached hydrogen (secondary N) is 2. The van der Waals surface area contributed by atoms with E-state index >= 15 is 0 Å². The second-order valence-corrected chi connectivity index (χ2v) is 13.6. The van der Waals surface area contributed by atoms with Crippen molar-refractivity contribution in [3.63, 3.8) is 0 Å². The molecule has 0 bridgehead atoms. The smallest absolute Gasteiger partial charge is 0.459 e. The molecule has 244 valence electrons. The fourth-order valence-electron chi connectivity index (χ4n) is 4.52. The van der Waals surface area contributed by atoms with Crippen LogP contribution in [0.1, 0.15) is 59.8 Å². The van der Waals surface area contributed by atoms with E-state index in [9.17, 15) is 18.9 Å². The Morgan fingerprint density at radius 3 is 2.64 bits per heavy atom. The molecule has 2 heterocycles. The Hall–Kier alpha value is -3.52. The van der Waals surface area contributed by atoms with Gasteiger partial charge in [0.15, 0.2) is 11.2 Å². The van der Waals surface area contributed by atoms with Gasteiger partial charge in [-0.1, -0.05) is 36.2 Å². The highest BCUT2D eigenvalue weighted by atomic mass is 79.9. The number of aromatic nitrogens is 4. The van der Waals surface area contributed by atoms with Gasteiger partial charge in [0.1, 0.15) is 24.7 Å². The summed E-state index contributed by atoms with van der Waals surface area (Å²) in [4.78, 5) is 48.1. The third-order valence-electron chi connectivity index (χ3n) is 7.06. The van der Waals surface area contributed by atoms with Crippen molar-refractivity contribution < 1.29 is 32.7 Å². The molecule has 16 heteroatoms. The molecule has 45 heavy (non-hydrogen) atoms. The number of benzene rings is 1. The number of hydrogen-bond donors (Lipinski definition) is 3. The number of halogens is 1. The number of esters is 2. The van der Waals surface area contributed by atoms with E-state index in [2.05, 4.69) is 36.0 Å². The van der Waals surface area contributed by atoms with Gasteiger partial charge in [-0.3, -0.25) is 28.5 Å². The zero-order valence-electron chi connectivity index (χ0n) is 25.6. The number of nitrogen functional groups attached to an aromatic ring is 1. The van der Waals surface area contributed by atoms with Crippen LogP contribution in [-0.4, -0.2) is 56.8 Å². The molecule has 2 aromatic heterocycles. The Morgan fingerprint density at radius 2 is 1.96 bits per heavy atom. The number of nitrogens with zero attached hydrogens (tertiary/aromatic N) is 3. The van der Waals surface area contributed by atoms with Crippen LogP contribution in [0.5, 0.6) is 5.75 Å². The van der Waals surface area contributed by atoms with Gasteiger partial charge in [-0.2, -0.15) is 10.1 Å². The lowest BCUT2D eigenvalue weighted by atomic mass is 10.1. The van der Waals surface area contributed by atoms with Crippen LogP contribution in [0.4, 0.5) is 5.95 Å². The highest BCUT2D eigenvalue weighted by molar-refractivity contribution is 9.10. The standard InChI is InChI=1S/C29H38BrN6O8P/c1-5-7-18(3)43-27(39)19(4)35-45(40,44-22-11-9-21(30)10-12-22)42-16-29(15-41-23(37)8-6-2)13-20(29)14-36-17-32-24-25(36)33-28(31)34-26(24)38/h9-12,14,17-19H,5-8,13,15-16H2,1-4H3,(H,35,40)(H3,31,33,34,38)/b20-14-/t18-,19-,29-,45-/m0/s1. The van der Waals surface area contributed by atoms with Crippen molar-refractivity contribution in [3.8, 4) is 5.75 Å². The fourth-order valence-corrected chi connectivity index (χ4v) is 6.36. The molecule has 4 atom stereocenters. The minimum atomic E-state index is -4.22. The molecule has 14 nitrogen and oxygen atoms in total. The van der Waals surface area contributed by atoms with E-state index in [1.807, 2.05) is 13.8 Å². The molecule has 0 unspecified atom stereocenters. The van der Waals surface area contributed by atoms with Crippen LogP contribution < -0.4 is 20.9 Å². The lowest BCUT2D eigenvalue weighted by Gasteiger charge is -2.25. The number of nitrogens with two attached hydrogens (primary N) is 1. The average Bonchev–Trinajstić information content (AvgIpc) is 3.51. The first-order valence-electron chi connectivity index (χ1n) is 14.6. The van der Waals surface area contributed by atoms with E-state index in [0.29, 0.717) is 19.3 Å². The summed E-state index contributed by atoms with van der Waals surface area (Å²) in [5, 5.41) is 2.71. The summed E-state index contributed by atoms with van der Waals surface area (Å²) in [6, 6.07) is 5.58. The molecule has 0 spiro atoms. The Morgan fingerprint density at radius 1 is 1.22 bits per heavy atom. The largest absolute Gasteiger partial charge is 0.465 e. The van der Waals surface area contributed by atoms with Crippen LogP contribution in [0.25, 0.3) is 17.4 Å². The molecule has 1 aromatic carbocycles. The van der Waals surface area contributed by atoms with Gasteiger partial charge in [-0.05, 0) is 62.9 Å². The van der Waals surface area contributed by atoms with Gasteiger partial charge in [-0.25, -0.2) is 9.55 Å². The number of aromatic amines is 1. The summed E-state index contributed by atoms with van der Waals surface area (Å²) in [5.41, 5.74) is 5.46. The van der Waals surface area contributed by atoms with Gasteiger partial charge in [0.2, 0.25) is 5.95 Å². The molecule has 4 rings (SSSR count). The van der Waals surface area contributed by atoms with Crippen molar-refractivity contribution in [2.24, 2.45) is 5.41 Å². The Bertz CT molecular complexity index is 1660. The van der Waals surface area contributed by atoms with Crippen molar-refractivity contribution in [2.75, 3.05) is 18.9 Å². The highest BCUT2D eigenvalue weighted by Gasteiger charge is 2.52. The number of carbonyl (C=O) groups excluding carboxylic acids is 2. The van der Waals surface area contributed by atoms with E-state index in [1.165, 1.54) is 17.8 Å². The topological polar surface area (TPSA) is 190 Å². The Labute approximate surface area is 268 Å².